The van der Waals surface area contributed by atoms with E-state index in [4.69, 9.17) is 18.5 Å². The van der Waals surface area contributed by atoms with Crippen molar-refractivity contribution in [2.75, 3.05) is 47.5 Å². The van der Waals surface area contributed by atoms with Crippen LogP contribution in [0.4, 0.5) is 0 Å². The molecule has 0 aliphatic heterocycles. The molecule has 0 saturated carbocycles. The predicted octanol–water partition coefficient (Wildman–Crippen LogP) is 9.47. The maximum atomic E-state index is 12.6. The minimum absolute atomic E-state index is 0.0502. The van der Waals surface area contributed by atoms with Crippen molar-refractivity contribution < 1.29 is 47.2 Å². The lowest BCUT2D eigenvalue weighted by atomic mass is 10.1. The van der Waals surface area contributed by atoms with Crippen LogP contribution < -0.4 is 4.89 Å². The number of phosphoric acid groups is 1. The number of quaternary nitrogens is 1. The Morgan fingerprint density at radius 2 is 1.28 bits per heavy atom. The molecule has 11 heteroatoms. The van der Waals surface area contributed by atoms with Crippen LogP contribution in [0.2, 0.25) is 0 Å². The lowest BCUT2D eigenvalue weighted by Gasteiger charge is -2.28. The van der Waals surface area contributed by atoms with Crippen molar-refractivity contribution in [2.45, 2.75) is 161 Å². The van der Waals surface area contributed by atoms with Gasteiger partial charge in [0, 0.05) is 12.8 Å². The summed E-state index contributed by atoms with van der Waals surface area (Å²) >= 11 is 0. The molecule has 0 aliphatic rings. The maximum Gasteiger partial charge on any atom is 0.306 e. The number of rotatable bonds is 36. The van der Waals surface area contributed by atoms with Crippen LogP contribution in [-0.4, -0.2) is 81.2 Å². The molecule has 10 nitrogen and oxygen atoms in total. The lowest BCUT2D eigenvalue weighted by Crippen LogP contribution is -2.37. The molecule has 0 fully saturated rings. The van der Waals surface area contributed by atoms with Gasteiger partial charge >= 0.3 is 11.9 Å². The van der Waals surface area contributed by atoms with Crippen LogP contribution in [0.1, 0.15) is 149 Å². The number of nitrogens with zero attached hydrogens (tertiary/aromatic N) is 1. The third-order valence-corrected chi connectivity index (χ3v) is 9.40. The van der Waals surface area contributed by atoms with E-state index in [2.05, 4.69) is 19.9 Å². The number of aliphatic hydroxyl groups excluding tert-OH is 1. The monoisotopic (exact) mass is 770 g/mol. The van der Waals surface area contributed by atoms with Gasteiger partial charge in [-0.15, -0.1) is 0 Å². The van der Waals surface area contributed by atoms with Crippen LogP contribution in [-0.2, 0) is 32.7 Å². The van der Waals surface area contributed by atoms with E-state index in [0.29, 0.717) is 36.7 Å². The number of phosphoric ester groups is 1. The molecule has 0 rings (SSSR count). The van der Waals surface area contributed by atoms with Crippen LogP contribution >= 0.6 is 7.82 Å². The zero-order chi connectivity index (χ0) is 39.5. The van der Waals surface area contributed by atoms with Crippen LogP contribution in [0.3, 0.4) is 0 Å². The molecule has 0 aromatic rings. The van der Waals surface area contributed by atoms with Crippen LogP contribution in [0.25, 0.3) is 0 Å². The van der Waals surface area contributed by atoms with Crippen molar-refractivity contribution >= 4 is 19.8 Å². The summed E-state index contributed by atoms with van der Waals surface area (Å²) in [6.45, 7) is 4.01. The smallest absolute Gasteiger partial charge is 0.306 e. The molecule has 0 bridgehead atoms. The Morgan fingerprint density at radius 3 is 1.94 bits per heavy atom. The molecule has 0 radical (unpaired) electrons. The van der Waals surface area contributed by atoms with Gasteiger partial charge in [0.1, 0.15) is 19.8 Å². The summed E-state index contributed by atoms with van der Waals surface area (Å²) in [4.78, 5) is 37.4. The predicted molar refractivity (Wildman–Crippen MR) is 214 cm³/mol. The summed E-state index contributed by atoms with van der Waals surface area (Å²) in [5, 5.41) is 10.1. The molecular formula is C42H76NO9P. The Morgan fingerprint density at radius 1 is 0.698 bits per heavy atom. The zero-order valence-electron chi connectivity index (χ0n) is 34.1. The molecule has 0 saturated heterocycles. The summed E-state index contributed by atoms with van der Waals surface area (Å²) < 4.78 is 33.7. The fourth-order valence-corrected chi connectivity index (χ4v) is 5.87. The first-order chi connectivity index (χ1) is 25.4. The van der Waals surface area contributed by atoms with Crippen molar-refractivity contribution in [3.8, 4) is 0 Å². The summed E-state index contributed by atoms with van der Waals surface area (Å²) in [5.41, 5.74) is 0. The van der Waals surface area contributed by atoms with E-state index < -0.39 is 38.6 Å². The van der Waals surface area contributed by atoms with Crippen molar-refractivity contribution in [1.82, 2.24) is 0 Å². The molecule has 3 atom stereocenters. The van der Waals surface area contributed by atoms with Gasteiger partial charge in [0.2, 0.25) is 0 Å². The highest BCUT2D eigenvalue weighted by Gasteiger charge is 2.21. The van der Waals surface area contributed by atoms with Gasteiger partial charge in [0.05, 0.1) is 33.9 Å². The topological polar surface area (TPSA) is 131 Å². The highest BCUT2D eigenvalue weighted by atomic mass is 31.2. The Bertz CT molecular complexity index is 1070. The molecular weight excluding hydrogens is 693 g/mol. The van der Waals surface area contributed by atoms with Crippen LogP contribution in [0, 0.1) is 0 Å². The highest BCUT2D eigenvalue weighted by Crippen LogP contribution is 2.38. The number of aliphatic hydroxyl groups is 1. The first kappa shape index (κ1) is 50.9. The second kappa shape index (κ2) is 34.4. The van der Waals surface area contributed by atoms with Crippen molar-refractivity contribution in [3.63, 3.8) is 0 Å². The average molecular weight is 770 g/mol. The zero-order valence-corrected chi connectivity index (χ0v) is 35.0. The third-order valence-electron chi connectivity index (χ3n) is 8.43. The number of hydrogen-bond donors (Lipinski definition) is 1. The Balaban J connectivity index is 4.55. The van der Waals surface area contributed by atoms with E-state index in [0.717, 1.165) is 32.1 Å². The quantitative estimate of drug-likeness (QED) is 0.0165. The molecule has 308 valence electrons. The van der Waals surface area contributed by atoms with Gasteiger partial charge in [-0.05, 0) is 44.9 Å². The molecule has 1 unspecified atom stereocenters. The molecule has 0 aliphatic carbocycles. The van der Waals surface area contributed by atoms with E-state index in [-0.39, 0.29) is 26.1 Å². The Labute approximate surface area is 323 Å². The van der Waals surface area contributed by atoms with Gasteiger partial charge in [-0.25, -0.2) is 0 Å². The van der Waals surface area contributed by atoms with E-state index in [1.165, 1.54) is 64.2 Å². The maximum absolute atomic E-state index is 12.6. The van der Waals surface area contributed by atoms with Crippen molar-refractivity contribution in [1.29, 1.82) is 0 Å². The average Bonchev–Trinajstić information content (AvgIpc) is 3.10. The second-order valence-corrected chi connectivity index (χ2v) is 16.3. The highest BCUT2D eigenvalue weighted by molar-refractivity contribution is 7.45. The second-order valence-electron chi connectivity index (χ2n) is 14.9. The third kappa shape index (κ3) is 38.0. The summed E-state index contributed by atoms with van der Waals surface area (Å²) in [5.74, 6) is -0.945. The normalized spacial score (nSPS) is 14.8. The van der Waals surface area contributed by atoms with Gasteiger partial charge in [0.25, 0.3) is 7.82 Å². The number of likely N-dealkylation sites (N-methyl/N-ethyl adjacent to an activating group) is 1. The van der Waals surface area contributed by atoms with Gasteiger partial charge < -0.3 is 33.0 Å². The Kier molecular flexibility index (Phi) is 33.1. The number of allylic oxidation sites excluding steroid dienone is 6. The number of hydrogen-bond acceptors (Lipinski definition) is 9. The summed E-state index contributed by atoms with van der Waals surface area (Å²) in [7, 11) is 1.10. The minimum atomic E-state index is -4.64. The van der Waals surface area contributed by atoms with E-state index in [9.17, 15) is 24.2 Å². The van der Waals surface area contributed by atoms with Gasteiger partial charge in [0.15, 0.2) is 6.10 Å². The molecule has 0 amide bonds. The largest absolute Gasteiger partial charge is 0.756 e. The number of esters is 2. The van der Waals surface area contributed by atoms with E-state index in [1.807, 2.05) is 57.6 Å². The molecule has 0 aromatic carbocycles. The van der Waals surface area contributed by atoms with E-state index in [1.54, 1.807) is 6.08 Å². The number of ether oxygens (including phenoxy) is 2. The number of carbonyl (C=O) groups is 2. The minimum Gasteiger partial charge on any atom is -0.756 e. The SMILES string of the molecule is CCCCC/C=C\C=C/[C@@H](O)C/C=C\C/C=C/CCCC(=O)OC[C@H](COP(=O)([O-])OCC[N+](C)(C)C)OC(=O)CCCCCCCCCCCCC. The number of unbranched alkanes of at least 4 members (excludes halogenated alkanes) is 14. The van der Waals surface area contributed by atoms with E-state index >= 15 is 0 Å². The van der Waals surface area contributed by atoms with Gasteiger partial charge in [-0.3, -0.25) is 14.2 Å². The lowest BCUT2D eigenvalue weighted by molar-refractivity contribution is -0.870. The fraction of sp³-hybridized carbons (Fsp3) is 0.762. The summed E-state index contributed by atoms with van der Waals surface area (Å²) in [6, 6.07) is 0. The fourth-order valence-electron chi connectivity index (χ4n) is 5.14. The first-order valence-electron chi connectivity index (χ1n) is 20.5. The van der Waals surface area contributed by atoms with Crippen molar-refractivity contribution in [2.24, 2.45) is 0 Å². The molecule has 53 heavy (non-hydrogen) atoms. The number of carbonyl (C=O) groups excluding carboxylic acids is 2. The molecule has 1 N–H and O–H groups in total. The van der Waals surface area contributed by atoms with Crippen molar-refractivity contribution in [3.05, 3.63) is 48.6 Å². The molecule has 0 heterocycles. The summed E-state index contributed by atoms with van der Waals surface area (Å²) in [6.07, 6.45) is 34.6. The van der Waals surface area contributed by atoms with Gasteiger partial charge in [-0.1, -0.05) is 140 Å². The van der Waals surface area contributed by atoms with Crippen LogP contribution in [0.5, 0.6) is 0 Å². The van der Waals surface area contributed by atoms with Crippen LogP contribution in [0.15, 0.2) is 48.6 Å². The molecule has 0 spiro atoms. The first-order valence-corrected chi connectivity index (χ1v) is 21.9. The standard InChI is InChI=1S/C42H76NO9P/c1-6-8-10-12-14-15-16-17-21-26-30-34-42(46)52-40(38-51-53(47,48)50-36-35-43(3,4)5)37-49-41(45)33-29-25-22-18-20-24-28-32-39(44)31-27-23-19-13-11-9-7-2/h18-19,22-24,27-28,31,39-40,44H,6-17,20-21,25-26,29-30,32-38H2,1-5H3/b22-18+,23-19-,28-24-,31-27-/t39-,40-/m1/s1. The van der Waals surface area contributed by atoms with Gasteiger partial charge in [-0.2, -0.15) is 0 Å². The molecule has 0 aromatic heterocycles. The Hall–Kier alpha value is -2.07.